The van der Waals surface area contributed by atoms with Gasteiger partial charge in [-0.05, 0) is 49.7 Å². The zero-order valence-corrected chi connectivity index (χ0v) is 17.9. The SMILES string of the molecule is Cc1ccc([C@@H]2CN(CC(=O)N3CCC[C@H](C)[C@@H]3C)C[C@H]2c2csnn2)cc1. The summed E-state index contributed by atoms with van der Waals surface area (Å²) in [7, 11) is 0. The normalized spacial score (nSPS) is 28.6. The van der Waals surface area contributed by atoms with Gasteiger partial charge in [-0.25, -0.2) is 0 Å². The molecule has 0 unspecified atom stereocenters. The molecule has 0 bridgehead atoms. The van der Waals surface area contributed by atoms with E-state index in [2.05, 4.69) is 69.8 Å². The van der Waals surface area contributed by atoms with E-state index in [1.54, 1.807) is 0 Å². The van der Waals surface area contributed by atoms with Crippen molar-refractivity contribution in [3.8, 4) is 0 Å². The summed E-state index contributed by atoms with van der Waals surface area (Å²) in [6.07, 6.45) is 2.35. The van der Waals surface area contributed by atoms with Gasteiger partial charge in [0.25, 0.3) is 0 Å². The van der Waals surface area contributed by atoms with Crippen molar-refractivity contribution in [3.05, 3.63) is 46.5 Å². The molecule has 2 aliphatic heterocycles. The molecule has 3 heterocycles. The average molecular weight is 399 g/mol. The van der Waals surface area contributed by atoms with Crippen LogP contribution in [0.15, 0.2) is 29.6 Å². The van der Waals surface area contributed by atoms with Gasteiger partial charge in [-0.2, -0.15) is 0 Å². The van der Waals surface area contributed by atoms with E-state index in [1.807, 2.05) is 0 Å². The maximum Gasteiger partial charge on any atom is 0.236 e. The quantitative estimate of drug-likeness (QED) is 0.788. The zero-order chi connectivity index (χ0) is 19.7. The minimum absolute atomic E-state index is 0.277. The second-order valence-electron chi connectivity index (χ2n) is 8.59. The van der Waals surface area contributed by atoms with Crippen LogP contribution in [0, 0.1) is 12.8 Å². The van der Waals surface area contributed by atoms with Gasteiger partial charge in [0.05, 0.1) is 12.2 Å². The number of carbonyl (C=O) groups is 1. The molecule has 6 heteroatoms. The smallest absolute Gasteiger partial charge is 0.236 e. The molecule has 28 heavy (non-hydrogen) atoms. The molecule has 2 fully saturated rings. The summed E-state index contributed by atoms with van der Waals surface area (Å²) in [5, 5.41) is 6.42. The molecule has 0 aliphatic carbocycles. The predicted octanol–water partition coefficient (Wildman–Crippen LogP) is 3.68. The summed E-state index contributed by atoms with van der Waals surface area (Å²) in [6, 6.07) is 9.15. The van der Waals surface area contributed by atoms with Crippen molar-refractivity contribution in [1.82, 2.24) is 19.4 Å². The molecule has 150 valence electrons. The molecule has 4 atom stereocenters. The number of aryl methyl sites for hydroxylation is 1. The van der Waals surface area contributed by atoms with E-state index in [0.29, 0.717) is 30.3 Å². The topological polar surface area (TPSA) is 49.3 Å². The highest BCUT2D eigenvalue weighted by molar-refractivity contribution is 7.03. The number of aromatic nitrogens is 2. The van der Waals surface area contributed by atoms with Crippen LogP contribution in [0.2, 0.25) is 0 Å². The zero-order valence-electron chi connectivity index (χ0n) is 17.0. The molecule has 1 aromatic heterocycles. The van der Waals surface area contributed by atoms with E-state index in [-0.39, 0.29) is 5.91 Å². The summed E-state index contributed by atoms with van der Waals surface area (Å²) in [5.41, 5.74) is 3.66. The minimum Gasteiger partial charge on any atom is -0.339 e. The fourth-order valence-electron chi connectivity index (χ4n) is 4.77. The molecular formula is C22H30N4OS. The standard InChI is InChI=1S/C22H30N4OS/c1-15-6-8-18(9-7-15)19-11-25(12-20(19)21-14-28-24-23-21)13-22(27)26-10-4-5-16(2)17(26)3/h6-9,14,16-17,19-20H,4-5,10-13H2,1-3H3/t16-,17-,19-,20+/m0/s1. The Labute approximate surface area is 171 Å². The molecule has 4 rings (SSSR count). The molecule has 0 saturated carbocycles. The number of hydrogen-bond acceptors (Lipinski definition) is 5. The first kappa shape index (κ1) is 19.5. The van der Waals surface area contributed by atoms with Gasteiger partial charge in [-0.3, -0.25) is 9.69 Å². The lowest BCUT2D eigenvalue weighted by Crippen LogP contribution is -2.49. The van der Waals surface area contributed by atoms with Gasteiger partial charge in [0.2, 0.25) is 5.91 Å². The van der Waals surface area contributed by atoms with E-state index in [4.69, 9.17) is 0 Å². The number of rotatable bonds is 4. The second kappa shape index (κ2) is 8.29. The van der Waals surface area contributed by atoms with Crippen LogP contribution in [0.25, 0.3) is 0 Å². The molecule has 0 radical (unpaired) electrons. The van der Waals surface area contributed by atoms with Crippen molar-refractivity contribution >= 4 is 17.4 Å². The van der Waals surface area contributed by atoms with Crippen LogP contribution in [0.5, 0.6) is 0 Å². The molecule has 2 saturated heterocycles. The summed E-state index contributed by atoms with van der Waals surface area (Å²) in [5.74, 6) is 1.52. The first-order valence-electron chi connectivity index (χ1n) is 10.4. The first-order chi connectivity index (χ1) is 13.5. The fourth-order valence-corrected chi connectivity index (χ4v) is 5.29. The van der Waals surface area contributed by atoms with Gasteiger partial charge in [0.15, 0.2) is 0 Å². The third-order valence-corrected chi connectivity index (χ3v) is 7.23. The van der Waals surface area contributed by atoms with E-state index >= 15 is 0 Å². The molecule has 0 N–H and O–H groups in total. The van der Waals surface area contributed by atoms with Crippen LogP contribution in [0.4, 0.5) is 0 Å². The predicted molar refractivity (Wildman–Crippen MR) is 113 cm³/mol. The highest BCUT2D eigenvalue weighted by atomic mass is 32.1. The van der Waals surface area contributed by atoms with Gasteiger partial charge < -0.3 is 4.90 Å². The lowest BCUT2D eigenvalue weighted by atomic mass is 9.87. The minimum atomic E-state index is 0.277. The largest absolute Gasteiger partial charge is 0.339 e. The Morgan fingerprint density at radius 2 is 1.93 bits per heavy atom. The Balaban J connectivity index is 1.50. The van der Waals surface area contributed by atoms with Crippen molar-refractivity contribution < 1.29 is 4.79 Å². The van der Waals surface area contributed by atoms with Crippen molar-refractivity contribution in [2.45, 2.75) is 51.5 Å². The maximum atomic E-state index is 13.0. The van der Waals surface area contributed by atoms with Crippen LogP contribution in [0.1, 0.15) is 55.3 Å². The molecule has 1 aromatic carbocycles. The van der Waals surface area contributed by atoms with Crippen molar-refractivity contribution in [1.29, 1.82) is 0 Å². The first-order valence-corrected chi connectivity index (χ1v) is 11.2. The van der Waals surface area contributed by atoms with Gasteiger partial charge in [-0.15, -0.1) is 5.10 Å². The number of carbonyl (C=O) groups excluding carboxylic acids is 1. The highest BCUT2D eigenvalue weighted by Gasteiger charge is 2.38. The van der Waals surface area contributed by atoms with Crippen LogP contribution in [-0.2, 0) is 4.79 Å². The number of amides is 1. The molecular weight excluding hydrogens is 368 g/mol. The molecule has 2 aromatic rings. The second-order valence-corrected chi connectivity index (χ2v) is 9.20. The van der Waals surface area contributed by atoms with Gasteiger partial charge in [-0.1, -0.05) is 41.2 Å². The lowest BCUT2D eigenvalue weighted by Gasteiger charge is -2.38. The number of piperidine rings is 1. The maximum absolute atomic E-state index is 13.0. The Bertz CT molecular complexity index is 791. The van der Waals surface area contributed by atoms with E-state index in [9.17, 15) is 4.79 Å². The molecule has 5 nitrogen and oxygen atoms in total. The number of hydrogen-bond donors (Lipinski definition) is 0. The molecule has 0 spiro atoms. The lowest BCUT2D eigenvalue weighted by molar-refractivity contribution is -0.136. The Morgan fingerprint density at radius 3 is 2.64 bits per heavy atom. The average Bonchev–Trinajstić information content (AvgIpc) is 3.34. The van der Waals surface area contributed by atoms with Gasteiger partial charge >= 0.3 is 0 Å². The number of benzene rings is 1. The number of nitrogens with zero attached hydrogens (tertiary/aromatic N) is 4. The van der Waals surface area contributed by atoms with Crippen molar-refractivity contribution in [3.63, 3.8) is 0 Å². The van der Waals surface area contributed by atoms with Gasteiger partial charge in [0.1, 0.15) is 0 Å². The highest BCUT2D eigenvalue weighted by Crippen LogP contribution is 2.39. The Kier molecular flexibility index (Phi) is 5.78. The number of likely N-dealkylation sites (tertiary alicyclic amines) is 2. The third kappa shape index (κ3) is 3.98. The van der Waals surface area contributed by atoms with E-state index < -0.39 is 0 Å². The van der Waals surface area contributed by atoms with Crippen molar-refractivity contribution in [2.24, 2.45) is 5.92 Å². The van der Waals surface area contributed by atoms with Crippen LogP contribution in [-0.4, -0.2) is 57.5 Å². The summed E-state index contributed by atoms with van der Waals surface area (Å²) < 4.78 is 4.08. The van der Waals surface area contributed by atoms with Crippen LogP contribution < -0.4 is 0 Å². The third-order valence-electron chi connectivity index (χ3n) is 6.71. The monoisotopic (exact) mass is 398 g/mol. The van der Waals surface area contributed by atoms with E-state index in [1.165, 1.54) is 29.1 Å². The van der Waals surface area contributed by atoms with Crippen LogP contribution in [0.3, 0.4) is 0 Å². The van der Waals surface area contributed by atoms with Crippen LogP contribution >= 0.6 is 11.5 Å². The molecule has 2 aliphatic rings. The van der Waals surface area contributed by atoms with Gasteiger partial charge in [0, 0.05) is 42.9 Å². The summed E-state index contributed by atoms with van der Waals surface area (Å²) in [6.45, 7) is 9.75. The van der Waals surface area contributed by atoms with Crippen molar-refractivity contribution in [2.75, 3.05) is 26.2 Å². The Morgan fingerprint density at radius 1 is 1.18 bits per heavy atom. The van der Waals surface area contributed by atoms with E-state index in [0.717, 1.165) is 31.7 Å². The summed E-state index contributed by atoms with van der Waals surface area (Å²) in [4.78, 5) is 17.5. The fraction of sp³-hybridized carbons (Fsp3) is 0.591. The summed E-state index contributed by atoms with van der Waals surface area (Å²) >= 11 is 1.41. The Hall–Kier alpha value is -1.79. The molecule has 1 amide bonds.